The maximum Gasteiger partial charge on any atom is 0.293 e. The van der Waals surface area contributed by atoms with Gasteiger partial charge in [-0.1, -0.05) is 57.0 Å². The summed E-state index contributed by atoms with van der Waals surface area (Å²) in [5.41, 5.74) is 7.26. The number of ketones is 1. The Morgan fingerprint density at radius 3 is 2.41 bits per heavy atom. The van der Waals surface area contributed by atoms with Crippen molar-refractivity contribution in [1.29, 1.82) is 0 Å². The highest BCUT2D eigenvalue weighted by Gasteiger charge is 2.30. The van der Waals surface area contributed by atoms with Crippen molar-refractivity contribution in [2.45, 2.75) is 71.6 Å². The number of nitro groups is 1. The number of rotatable bonds is 12. The SMILES string of the molecule is CC.CC(=O)c1ccc(N2CCN(CC3=C(c4ccc(Cl)cc4)CC(C)(C)CC3)CC2)cc1Oc1cnc2[nH]ccc2c1.CS(=O)(=O)c1ccc(NCC2CCOCC2)c([N+](=O)[O-])c1. The van der Waals surface area contributed by atoms with Gasteiger partial charge in [-0.25, -0.2) is 13.4 Å². The molecule has 1 aliphatic carbocycles. The summed E-state index contributed by atoms with van der Waals surface area (Å²) < 4.78 is 34.4. The van der Waals surface area contributed by atoms with E-state index >= 15 is 0 Å². The van der Waals surface area contributed by atoms with Crippen molar-refractivity contribution in [2.75, 3.05) is 69.0 Å². The van der Waals surface area contributed by atoms with Crippen LogP contribution < -0.4 is 15.0 Å². The molecule has 0 spiro atoms. The Balaban J connectivity index is 0.000000249. The van der Waals surface area contributed by atoms with Crippen LogP contribution in [0.2, 0.25) is 5.02 Å². The molecule has 13 nitrogen and oxygen atoms in total. The largest absolute Gasteiger partial charge is 0.455 e. The summed E-state index contributed by atoms with van der Waals surface area (Å²) in [4.78, 5) is 35.4. The number of Topliss-reactive ketones (excluding diaryl/α,β-unsaturated/α-hetero) is 1. The number of fused-ring (bicyclic) bond motifs is 1. The molecule has 15 heteroatoms. The highest BCUT2D eigenvalue weighted by molar-refractivity contribution is 7.90. The summed E-state index contributed by atoms with van der Waals surface area (Å²) in [5.74, 6) is 1.57. The molecule has 0 atom stereocenters. The second kappa shape index (κ2) is 21.6. The molecule has 8 rings (SSSR count). The van der Waals surface area contributed by atoms with Crippen LogP contribution in [0, 0.1) is 21.4 Å². The highest BCUT2D eigenvalue weighted by Crippen LogP contribution is 2.43. The number of nitrogens with zero attached hydrogens (tertiary/aromatic N) is 4. The van der Waals surface area contributed by atoms with Crippen molar-refractivity contribution in [3.63, 3.8) is 0 Å². The van der Waals surface area contributed by atoms with Crippen molar-refractivity contribution < 1.29 is 27.6 Å². The van der Waals surface area contributed by atoms with Crippen molar-refractivity contribution in [2.24, 2.45) is 11.3 Å². The third kappa shape index (κ3) is 12.7. The van der Waals surface area contributed by atoms with Crippen LogP contribution >= 0.6 is 11.6 Å². The fraction of sp³-hybridized carbons (Fsp3) is 0.429. The highest BCUT2D eigenvalue weighted by atomic mass is 35.5. The summed E-state index contributed by atoms with van der Waals surface area (Å²) in [6, 6.07) is 22.1. The van der Waals surface area contributed by atoms with Crippen molar-refractivity contribution in [3.05, 3.63) is 117 Å². The van der Waals surface area contributed by atoms with Crippen LogP contribution in [0.3, 0.4) is 0 Å². The Bertz CT molecular complexity index is 2540. The quantitative estimate of drug-likeness (QED) is 0.0696. The van der Waals surface area contributed by atoms with Crippen molar-refractivity contribution in [1.82, 2.24) is 14.9 Å². The van der Waals surface area contributed by atoms with Crippen LogP contribution in [0.4, 0.5) is 17.1 Å². The van der Waals surface area contributed by atoms with E-state index in [0.29, 0.717) is 53.8 Å². The number of halogens is 1. The Morgan fingerprint density at radius 2 is 1.73 bits per heavy atom. The fourth-order valence-corrected chi connectivity index (χ4v) is 9.10. The number of H-pyrrole nitrogens is 1. The molecular weight excluding hydrogens is 852 g/mol. The number of carbonyl (C=O) groups excluding carboxylic acids is 1. The van der Waals surface area contributed by atoms with Crippen LogP contribution in [0.15, 0.2) is 95.7 Å². The number of benzene rings is 3. The molecule has 2 aliphatic heterocycles. The molecule has 64 heavy (non-hydrogen) atoms. The van der Waals surface area contributed by atoms with E-state index in [1.165, 1.54) is 29.7 Å². The van der Waals surface area contributed by atoms with Gasteiger partial charge in [0.1, 0.15) is 22.8 Å². The predicted octanol–water partition coefficient (Wildman–Crippen LogP) is 10.9. The minimum absolute atomic E-state index is 0.0209. The summed E-state index contributed by atoms with van der Waals surface area (Å²) in [5, 5.41) is 15.9. The number of nitrogens with one attached hydrogen (secondary N) is 2. The smallest absolute Gasteiger partial charge is 0.293 e. The molecule has 0 bridgehead atoms. The van der Waals surface area contributed by atoms with Gasteiger partial charge in [0.05, 0.1) is 21.6 Å². The van der Waals surface area contributed by atoms with Crippen LogP contribution in [0.25, 0.3) is 16.6 Å². The first kappa shape index (κ1) is 48.2. The number of hydrogen-bond donors (Lipinski definition) is 2. The Kier molecular flexibility index (Phi) is 16.3. The lowest BCUT2D eigenvalue weighted by Gasteiger charge is -2.39. The molecule has 4 heterocycles. The Morgan fingerprint density at radius 1 is 1.02 bits per heavy atom. The number of ether oxygens (including phenoxy) is 2. The number of carbonyl (C=O) groups is 1. The topological polar surface area (TPSA) is 160 Å². The van der Waals surface area contributed by atoms with E-state index in [1.54, 1.807) is 18.7 Å². The second-order valence-corrected chi connectivity index (χ2v) is 19.7. The average Bonchev–Trinajstić information content (AvgIpc) is 3.76. The molecule has 2 aromatic heterocycles. The first-order valence-corrected chi connectivity index (χ1v) is 24.4. The number of anilines is 2. The first-order chi connectivity index (χ1) is 30.6. The van der Waals surface area contributed by atoms with E-state index in [2.05, 4.69) is 51.1 Å². The number of nitro benzene ring substituents is 1. The van der Waals surface area contributed by atoms with E-state index in [1.807, 2.05) is 62.5 Å². The number of pyridine rings is 1. The summed E-state index contributed by atoms with van der Waals surface area (Å²) in [6.07, 6.45) is 9.87. The maximum absolute atomic E-state index is 12.4. The third-order valence-electron chi connectivity index (χ3n) is 12.0. The average molecular weight is 914 g/mol. The predicted molar refractivity (Wildman–Crippen MR) is 257 cm³/mol. The number of piperazine rings is 1. The van der Waals surface area contributed by atoms with Gasteiger partial charge in [0.25, 0.3) is 5.69 Å². The van der Waals surface area contributed by atoms with Gasteiger partial charge in [-0.15, -0.1) is 0 Å². The van der Waals surface area contributed by atoms with Gasteiger partial charge in [-0.05, 0) is 110 Å². The fourth-order valence-electron chi connectivity index (χ4n) is 8.33. The van der Waals surface area contributed by atoms with Gasteiger partial charge in [-0.3, -0.25) is 19.8 Å². The van der Waals surface area contributed by atoms with E-state index in [-0.39, 0.29) is 16.4 Å². The molecule has 2 N–H and O–H groups in total. The lowest BCUT2D eigenvalue weighted by Crippen LogP contribution is -2.47. The van der Waals surface area contributed by atoms with Gasteiger partial charge >= 0.3 is 0 Å². The second-order valence-electron chi connectivity index (χ2n) is 17.3. The number of hydrogen-bond acceptors (Lipinski definition) is 11. The van der Waals surface area contributed by atoms with Gasteiger partial charge in [0.2, 0.25) is 0 Å². The molecule has 0 amide bonds. The Labute approximate surface area is 382 Å². The zero-order valence-electron chi connectivity index (χ0n) is 37.8. The van der Waals surface area contributed by atoms with Gasteiger partial charge in [0.15, 0.2) is 15.6 Å². The van der Waals surface area contributed by atoms with Crippen molar-refractivity contribution >= 4 is 60.9 Å². The molecule has 3 aromatic carbocycles. The molecule has 2 fully saturated rings. The first-order valence-electron chi connectivity index (χ1n) is 22.1. The van der Waals surface area contributed by atoms with Gasteiger partial charge < -0.3 is 24.7 Å². The Hall–Kier alpha value is -5.28. The maximum atomic E-state index is 12.4. The molecule has 2 saturated heterocycles. The molecule has 5 aromatic rings. The monoisotopic (exact) mass is 912 g/mol. The summed E-state index contributed by atoms with van der Waals surface area (Å²) in [6.45, 7) is 17.2. The van der Waals surface area contributed by atoms with E-state index < -0.39 is 14.8 Å². The van der Waals surface area contributed by atoms with E-state index in [9.17, 15) is 23.3 Å². The lowest BCUT2D eigenvalue weighted by atomic mass is 9.72. The normalized spacial score (nSPS) is 16.9. The standard InChI is InChI=1S/C34H37ClN4O2.C13H18N2O5S.C2H6/c1-23(40)30-9-8-28(19-32(30)41-29-18-25-11-13-36-33(25)37-21-29)39-16-14-38(15-17-39)22-26-10-12-34(2,3)20-31(26)24-4-6-27(35)7-5-24;1-21(18,19)11-2-3-12(13(8-11)15(16)17)14-9-10-4-6-20-7-5-10;1-2/h4-9,11,13,18-19,21H,10,12,14-17,20,22H2,1-3H3,(H,36,37);2-3,8,10,14H,4-7,9H2,1H3;1-2H3. The summed E-state index contributed by atoms with van der Waals surface area (Å²) >= 11 is 6.20. The van der Waals surface area contributed by atoms with E-state index in [0.717, 1.165) is 92.5 Å². The zero-order valence-corrected chi connectivity index (χ0v) is 39.4. The van der Waals surface area contributed by atoms with Gasteiger partial charge in [0, 0.05) is 93.2 Å². The molecule has 0 saturated carbocycles. The van der Waals surface area contributed by atoms with Crippen LogP contribution in [0.5, 0.6) is 11.5 Å². The van der Waals surface area contributed by atoms with Crippen LogP contribution in [-0.4, -0.2) is 92.7 Å². The molecule has 3 aliphatic rings. The molecular formula is C49H61ClN6O7S. The number of aromatic amines is 1. The van der Waals surface area contributed by atoms with Crippen molar-refractivity contribution in [3.8, 4) is 11.5 Å². The van der Waals surface area contributed by atoms with Crippen LogP contribution in [-0.2, 0) is 14.6 Å². The lowest BCUT2D eigenvalue weighted by molar-refractivity contribution is -0.384. The van der Waals surface area contributed by atoms with Gasteiger partial charge in [-0.2, -0.15) is 0 Å². The number of sulfone groups is 1. The number of allylic oxidation sites excluding steroid dienone is 1. The van der Waals surface area contributed by atoms with Crippen LogP contribution in [0.1, 0.15) is 82.6 Å². The zero-order chi connectivity index (χ0) is 46.0. The minimum atomic E-state index is -3.46. The summed E-state index contributed by atoms with van der Waals surface area (Å²) in [7, 11) is -3.46. The van der Waals surface area contributed by atoms with E-state index in [4.69, 9.17) is 21.1 Å². The minimum Gasteiger partial charge on any atom is -0.455 e. The molecule has 0 unspecified atom stereocenters. The number of aromatic nitrogens is 2. The third-order valence-corrected chi connectivity index (χ3v) is 13.4. The molecule has 342 valence electrons. The molecule has 0 radical (unpaired) electrons.